The minimum absolute atomic E-state index is 0.0512. The molecule has 0 radical (unpaired) electrons. The molecule has 1 saturated heterocycles. The van der Waals surface area contributed by atoms with Gasteiger partial charge in [-0.2, -0.15) is 0 Å². The quantitative estimate of drug-likeness (QED) is 0.719. The third kappa shape index (κ3) is 3.05. The Balaban J connectivity index is 1.96. The van der Waals surface area contributed by atoms with Crippen molar-refractivity contribution in [3.05, 3.63) is 0 Å². The summed E-state index contributed by atoms with van der Waals surface area (Å²) in [7, 11) is 2.20. The maximum Gasteiger partial charge on any atom is 0.0628 e. The SMILES string of the molecule is CCNC(CO)(CN1CCN(C)C(C)C1)C1CC1. The van der Waals surface area contributed by atoms with Crippen LogP contribution in [0.2, 0.25) is 0 Å². The molecule has 1 heterocycles. The zero-order valence-electron chi connectivity index (χ0n) is 12.2. The van der Waals surface area contributed by atoms with E-state index in [2.05, 4.69) is 36.0 Å². The number of aliphatic hydroxyl groups is 1. The topological polar surface area (TPSA) is 38.7 Å². The molecule has 1 aliphatic carbocycles. The molecule has 2 fully saturated rings. The third-order valence-corrected chi connectivity index (χ3v) is 4.72. The first-order valence-corrected chi connectivity index (χ1v) is 7.40. The van der Waals surface area contributed by atoms with Gasteiger partial charge in [0.25, 0.3) is 0 Å². The number of likely N-dealkylation sites (N-methyl/N-ethyl adjacent to an activating group) is 2. The van der Waals surface area contributed by atoms with E-state index in [1.54, 1.807) is 0 Å². The lowest BCUT2D eigenvalue weighted by Gasteiger charge is -2.43. The van der Waals surface area contributed by atoms with Gasteiger partial charge in [0, 0.05) is 32.2 Å². The molecule has 2 N–H and O–H groups in total. The molecule has 0 bridgehead atoms. The van der Waals surface area contributed by atoms with Gasteiger partial charge in [0.1, 0.15) is 0 Å². The van der Waals surface area contributed by atoms with E-state index in [1.807, 2.05) is 0 Å². The zero-order valence-corrected chi connectivity index (χ0v) is 12.2. The van der Waals surface area contributed by atoms with Crippen LogP contribution < -0.4 is 5.32 Å². The molecule has 0 aromatic rings. The number of rotatable bonds is 6. The van der Waals surface area contributed by atoms with Crippen LogP contribution in [-0.2, 0) is 0 Å². The summed E-state index contributed by atoms with van der Waals surface area (Å²) in [6.45, 7) is 10.0. The van der Waals surface area contributed by atoms with Gasteiger partial charge in [-0.15, -0.1) is 0 Å². The predicted molar refractivity (Wildman–Crippen MR) is 74.7 cm³/mol. The molecule has 106 valence electrons. The van der Waals surface area contributed by atoms with Gasteiger partial charge in [0.2, 0.25) is 0 Å². The van der Waals surface area contributed by atoms with E-state index in [-0.39, 0.29) is 12.1 Å². The average Bonchev–Trinajstić information content (AvgIpc) is 3.17. The van der Waals surface area contributed by atoms with Crippen LogP contribution in [0, 0.1) is 5.92 Å². The molecule has 1 aliphatic heterocycles. The molecule has 0 spiro atoms. The Morgan fingerprint density at radius 2 is 2.06 bits per heavy atom. The summed E-state index contributed by atoms with van der Waals surface area (Å²) in [6, 6.07) is 0.621. The van der Waals surface area contributed by atoms with E-state index in [9.17, 15) is 5.11 Å². The van der Waals surface area contributed by atoms with Gasteiger partial charge < -0.3 is 15.3 Å². The highest BCUT2D eigenvalue weighted by Crippen LogP contribution is 2.40. The lowest BCUT2D eigenvalue weighted by Crippen LogP contribution is -2.61. The van der Waals surface area contributed by atoms with Crippen molar-refractivity contribution < 1.29 is 5.11 Å². The van der Waals surface area contributed by atoms with Gasteiger partial charge in [-0.25, -0.2) is 0 Å². The van der Waals surface area contributed by atoms with Crippen LogP contribution in [-0.4, -0.2) is 72.9 Å². The first-order valence-electron chi connectivity index (χ1n) is 7.40. The Morgan fingerprint density at radius 1 is 1.33 bits per heavy atom. The highest BCUT2D eigenvalue weighted by molar-refractivity contribution is 5.03. The minimum atomic E-state index is -0.0512. The fourth-order valence-corrected chi connectivity index (χ4v) is 3.22. The van der Waals surface area contributed by atoms with E-state index < -0.39 is 0 Å². The molecule has 2 atom stereocenters. The van der Waals surface area contributed by atoms with Gasteiger partial charge in [0.15, 0.2) is 0 Å². The number of hydrogen-bond donors (Lipinski definition) is 2. The highest BCUT2D eigenvalue weighted by atomic mass is 16.3. The highest BCUT2D eigenvalue weighted by Gasteiger charge is 2.45. The fraction of sp³-hybridized carbons (Fsp3) is 1.00. The van der Waals surface area contributed by atoms with E-state index in [4.69, 9.17) is 0 Å². The van der Waals surface area contributed by atoms with Crippen molar-refractivity contribution in [2.24, 2.45) is 5.92 Å². The Bertz CT molecular complexity index is 270. The van der Waals surface area contributed by atoms with Crippen LogP contribution in [0.1, 0.15) is 26.7 Å². The maximum absolute atomic E-state index is 9.87. The van der Waals surface area contributed by atoms with Gasteiger partial charge in [-0.3, -0.25) is 4.90 Å². The standard InChI is InChI=1S/C14H29N3O/c1-4-15-14(11-18,13-5-6-13)10-17-8-7-16(3)12(2)9-17/h12-13,15,18H,4-11H2,1-3H3. The summed E-state index contributed by atoms with van der Waals surface area (Å²) in [6.07, 6.45) is 2.55. The second-order valence-corrected chi connectivity index (χ2v) is 6.18. The predicted octanol–water partition coefficient (Wildman–Crippen LogP) is 0.373. The van der Waals surface area contributed by atoms with Gasteiger partial charge >= 0.3 is 0 Å². The van der Waals surface area contributed by atoms with Crippen LogP contribution in [0.25, 0.3) is 0 Å². The van der Waals surface area contributed by atoms with E-state index >= 15 is 0 Å². The maximum atomic E-state index is 9.87. The second-order valence-electron chi connectivity index (χ2n) is 6.18. The zero-order chi connectivity index (χ0) is 13.2. The van der Waals surface area contributed by atoms with Crippen LogP contribution >= 0.6 is 0 Å². The Hall–Kier alpha value is -0.160. The average molecular weight is 255 g/mol. The van der Waals surface area contributed by atoms with Crippen LogP contribution in [0.15, 0.2) is 0 Å². The van der Waals surface area contributed by atoms with Crippen molar-refractivity contribution in [1.82, 2.24) is 15.1 Å². The van der Waals surface area contributed by atoms with Crippen LogP contribution in [0.3, 0.4) is 0 Å². The van der Waals surface area contributed by atoms with Crippen molar-refractivity contribution >= 4 is 0 Å². The van der Waals surface area contributed by atoms with Crippen molar-refractivity contribution in [2.45, 2.75) is 38.3 Å². The number of nitrogens with zero attached hydrogens (tertiary/aromatic N) is 2. The van der Waals surface area contributed by atoms with E-state index in [0.717, 1.165) is 32.7 Å². The molecule has 0 aromatic carbocycles. The lowest BCUT2D eigenvalue weighted by molar-refractivity contribution is 0.0475. The summed E-state index contributed by atoms with van der Waals surface area (Å²) in [5.74, 6) is 0.678. The fourth-order valence-electron chi connectivity index (χ4n) is 3.22. The molecular weight excluding hydrogens is 226 g/mol. The van der Waals surface area contributed by atoms with Crippen LogP contribution in [0.5, 0.6) is 0 Å². The molecule has 2 unspecified atom stereocenters. The van der Waals surface area contributed by atoms with Crippen molar-refractivity contribution in [2.75, 3.05) is 46.4 Å². The normalized spacial score (nSPS) is 30.3. The monoisotopic (exact) mass is 255 g/mol. The third-order valence-electron chi connectivity index (χ3n) is 4.72. The van der Waals surface area contributed by atoms with Crippen molar-refractivity contribution in [3.63, 3.8) is 0 Å². The Morgan fingerprint density at radius 3 is 2.56 bits per heavy atom. The number of piperazine rings is 1. The molecule has 0 aromatic heterocycles. The minimum Gasteiger partial charge on any atom is -0.394 e. The Labute approximate surface area is 111 Å². The molecule has 4 heteroatoms. The molecule has 18 heavy (non-hydrogen) atoms. The first kappa shape index (κ1) is 14.3. The summed E-state index contributed by atoms with van der Waals surface area (Å²) in [4.78, 5) is 4.95. The number of hydrogen-bond acceptors (Lipinski definition) is 4. The molecular formula is C14H29N3O. The van der Waals surface area contributed by atoms with Gasteiger partial charge in [-0.05, 0) is 39.3 Å². The van der Waals surface area contributed by atoms with E-state index in [1.165, 1.54) is 12.8 Å². The van der Waals surface area contributed by atoms with E-state index in [0.29, 0.717) is 12.0 Å². The summed E-state index contributed by atoms with van der Waals surface area (Å²) >= 11 is 0. The summed E-state index contributed by atoms with van der Waals surface area (Å²) in [5.41, 5.74) is -0.0512. The van der Waals surface area contributed by atoms with Gasteiger partial charge in [-0.1, -0.05) is 6.92 Å². The van der Waals surface area contributed by atoms with Gasteiger partial charge in [0.05, 0.1) is 12.1 Å². The first-order chi connectivity index (χ1) is 8.61. The summed E-state index contributed by atoms with van der Waals surface area (Å²) in [5, 5.41) is 13.4. The molecule has 0 amide bonds. The molecule has 2 aliphatic rings. The largest absolute Gasteiger partial charge is 0.394 e. The molecule has 2 rings (SSSR count). The molecule has 4 nitrogen and oxygen atoms in total. The summed E-state index contributed by atoms with van der Waals surface area (Å²) < 4.78 is 0. The Kier molecular flexibility index (Phi) is 4.64. The smallest absolute Gasteiger partial charge is 0.0628 e. The lowest BCUT2D eigenvalue weighted by atomic mass is 9.92. The molecule has 1 saturated carbocycles. The number of aliphatic hydroxyl groups excluding tert-OH is 1. The van der Waals surface area contributed by atoms with Crippen molar-refractivity contribution in [3.8, 4) is 0 Å². The van der Waals surface area contributed by atoms with Crippen molar-refractivity contribution in [1.29, 1.82) is 0 Å². The number of nitrogens with one attached hydrogen (secondary N) is 1. The van der Waals surface area contributed by atoms with Crippen LogP contribution in [0.4, 0.5) is 0 Å². The second kappa shape index (κ2) is 5.87.